The summed E-state index contributed by atoms with van der Waals surface area (Å²) in [5.74, 6) is -0.0351. The zero-order chi connectivity index (χ0) is 34.3. The van der Waals surface area contributed by atoms with E-state index >= 15 is 0 Å². The summed E-state index contributed by atoms with van der Waals surface area (Å²) in [6.07, 6.45) is 4.21. The van der Waals surface area contributed by atoms with Crippen LogP contribution >= 0.6 is 23.2 Å². The van der Waals surface area contributed by atoms with Crippen LogP contribution in [0.4, 0.5) is 21.0 Å². The van der Waals surface area contributed by atoms with E-state index in [4.69, 9.17) is 56.4 Å². The van der Waals surface area contributed by atoms with E-state index in [1.165, 1.54) is 24.3 Å². The minimum Gasteiger partial charge on any atom is -0.434 e. The molecule has 0 aliphatic carbocycles. The second-order valence-electron chi connectivity index (χ2n) is 9.81. The molecule has 0 unspecified atom stereocenters. The third-order valence-electron chi connectivity index (χ3n) is 6.10. The molecule has 17 heteroatoms. The van der Waals surface area contributed by atoms with Crippen LogP contribution in [0, 0.1) is 20.2 Å². The Balaban J connectivity index is 1.30. The summed E-state index contributed by atoms with van der Waals surface area (Å²) >= 11 is 11.8. The molecule has 0 atom stereocenters. The van der Waals surface area contributed by atoms with E-state index in [0.29, 0.717) is 65.3 Å². The largest absolute Gasteiger partial charge is 0.513 e. The number of halogens is 2. The number of carbonyl (C=O) groups is 2. The van der Waals surface area contributed by atoms with Crippen molar-refractivity contribution in [2.75, 3.05) is 52.9 Å². The van der Waals surface area contributed by atoms with Crippen LogP contribution in [-0.4, -0.2) is 75.0 Å². The molecule has 0 saturated carbocycles. The second-order valence-corrected chi connectivity index (χ2v) is 10.6. The van der Waals surface area contributed by atoms with E-state index in [1.54, 1.807) is 0 Å². The van der Waals surface area contributed by atoms with Crippen molar-refractivity contribution < 1.29 is 52.6 Å². The van der Waals surface area contributed by atoms with Gasteiger partial charge in [0.2, 0.25) is 0 Å². The Morgan fingerprint density at radius 2 is 0.830 bits per heavy atom. The van der Waals surface area contributed by atoms with Gasteiger partial charge in [-0.15, -0.1) is 0 Å². The number of carbonyl (C=O) groups excluding carboxylic acids is 2. The Kier molecular flexibility index (Phi) is 19.7. The molecule has 0 amide bonds. The lowest BCUT2D eigenvalue weighted by Gasteiger charge is -2.08. The third kappa shape index (κ3) is 17.7. The highest BCUT2D eigenvalue weighted by Gasteiger charge is 2.15. The molecule has 0 fully saturated rings. The van der Waals surface area contributed by atoms with Crippen molar-refractivity contribution in [2.45, 2.75) is 51.4 Å². The lowest BCUT2D eigenvalue weighted by Crippen LogP contribution is -2.12. The van der Waals surface area contributed by atoms with Crippen molar-refractivity contribution in [1.29, 1.82) is 0 Å². The lowest BCUT2D eigenvalue weighted by atomic mass is 10.3. The predicted octanol–water partition coefficient (Wildman–Crippen LogP) is 7.71. The fourth-order valence-corrected chi connectivity index (χ4v) is 4.08. The first-order chi connectivity index (χ1) is 22.7. The standard InChI is InChI=1S/C30H38Cl2N2O13/c31-25-21-23(33(37)38)9-11-27(25)46-29(35)44-19-7-5-17-42-15-3-1-13-41-14-2-4-16-43-18-6-8-20-45-30(36)47-28-12-10-24(34(39)40)22-26(28)32/h9-12,21-22H,1-8,13-20H2. The van der Waals surface area contributed by atoms with Crippen molar-refractivity contribution in [2.24, 2.45) is 0 Å². The van der Waals surface area contributed by atoms with Gasteiger partial charge in [0.15, 0.2) is 11.5 Å². The molecule has 0 N–H and O–H groups in total. The molecule has 0 aliphatic heterocycles. The van der Waals surface area contributed by atoms with Crippen LogP contribution in [0.3, 0.4) is 0 Å². The molecular formula is C30H38Cl2N2O13. The molecular weight excluding hydrogens is 667 g/mol. The molecule has 260 valence electrons. The summed E-state index contributed by atoms with van der Waals surface area (Å²) in [6.45, 7) is 3.88. The first-order valence-corrected chi connectivity index (χ1v) is 15.7. The first-order valence-electron chi connectivity index (χ1n) is 15.0. The topological polar surface area (TPSA) is 185 Å². The fraction of sp³-hybridized carbons (Fsp3) is 0.533. The highest BCUT2D eigenvalue weighted by atomic mass is 35.5. The molecule has 2 aromatic rings. The van der Waals surface area contributed by atoms with Gasteiger partial charge in [0, 0.05) is 63.9 Å². The molecule has 0 aromatic heterocycles. The van der Waals surface area contributed by atoms with E-state index in [0.717, 1.165) is 37.8 Å². The normalized spacial score (nSPS) is 10.8. The maximum absolute atomic E-state index is 11.7. The molecule has 47 heavy (non-hydrogen) atoms. The molecule has 0 spiro atoms. The number of hydrogen-bond donors (Lipinski definition) is 0. The van der Waals surface area contributed by atoms with E-state index in [1.807, 2.05) is 0 Å². The number of hydrogen-bond acceptors (Lipinski definition) is 13. The molecule has 0 aliphatic rings. The molecule has 0 heterocycles. The van der Waals surface area contributed by atoms with E-state index in [2.05, 4.69) is 0 Å². The van der Waals surface area contributed by atoms with Crippen LogP contribution < -0.4 is 9.47 Å². The Hall–Kier alpha value is -3.76. The van der Waals surface area contributed by atoms with Crippen molar-refractivity contribution in [3.8, 4) is 11.5 Å². The molecule has 0 radical (unpaired) electrons. The van der Waals surface area contributed by atoms with Gasteiger partial charge in [-0.05, 0) is 63.5 Å². The maximum Gasteiger partial charge on any atom is 0.513 e. The summed E-state index contributed by atoms with van der Waals surface area (Å²) < 4.78 is 36.6. The highest BCUT2D eigenvalue weighted by molar-refractivity contribution is 6.32. The molecule has 0 saturated heterocycles. The van der Waals surface area contributed by atoms with E-state index in [9.17, 15) is 29.8 Å². The van der Waals surface area contributed by atoms with Crippen LogP contribution in [-0.2, 0) is 23.7 Å². The summed E-state index contributed by atoms with van der Waals surface area (Å²) in [5, 5.41) is 21.3. The first kappa shape index (κ1) is 39.4. The number of nitro groups is 2. The van der Waals surface area contributed by atoms with E-state index < -0.39 is 22.2 Å². The highest BCUT2D eigenvalue weighted by Crippen LogP contribution is 2.30. The maximum atomic E-state index is 11.7. The van der Waals surface area contributed by atoms with Gasteiger partial charge in [-0.2, -0.15) is 0 Å². The number of nitro benzene ring substituents is 2. The minimum absolute atomic E-state index is 0.0175. The second kappa shape index (κ2) is 23.5. The third-order valence-corrected chi connectivity index (χ3v) is 6.69. The Bertz CT molecular complexity index is 1190. The number of unbranched alkanes of at least 4 members (excludes halogenated alkanes) is 4. The predicted molar refractivity (Wildman–Crippen MR) is 170 cm³/mol. The van der Waals surface area contributed by atoms with Gasteiger partial charge in [0.1, 0.15) is 0 Å². The molecule has 2 rings (SSSR count). The summed E-state index contributed by atoms with van der Waals surface area (Å²) in [5.41, 5.74) is -0.421. The zero-order valence-corrected chi connectivity index (χ0v) is 27.2. The Morgan fingerprint density at radius 1 is 0.532 bits per heavy atom. The monoisotopic (exact) mass is 704 g/mol. The summed E-state index contributed by atoms with van der Waals surface area (Å²) in [4.78, 5) is 43.7. The van der Waals surface area contributed by atoms with Gasteiger partial charge >= 0.3 is 12.3 Å². The quantitative estimate of drug-likeness (QED) is 0.0340. The minimum atomic E-state index is -0.939. The van der Waals surface area contributed by atoms with Crippen LogP contribution in [0.25, 0.3) is 0 Å². The van der Waals surface area contributed by atoms with Crippen LogP contribution in [0.2, 0.25) is 10.0 Å². The molecule has 0 bridgehead atoms. The van der Waals surface area contributed by atoms with Crippen LogP contribution in [0.1, 0.15) is 51.4 Å². The fourth-order valence-electron chi connectivity index (χ4n) is 3.66. The van der Waals surface area contributed by atoms with Gasteiger partial charge in [0.25, 0.3) is 11.4 Å². The number of nitrogens with zero attached hydrogens (tertiary/aromatic N) is 2. The smallest absolute Gasteiger partial charge is 0.434 e. The Morgan fingerprint density at radius 3 is 1.11 bits per heavy atom. The molecule has 2 aromatic carbocycles. The van der Waals surface area contributed by atoms with Crippen molar-refractivity contribution in [3.05, 3.63) is 66.7 Å². The number of rotatable bonds is 24. The van der Waals surface area contributed by atoms with Gasteiger partial charge in [-0.25, -0.2) is 9.59 Å². The van der Waals surface area contributed by atoms with E-state index in [-0.39, 0.29) is 46.1 Å². The Labute approximate surface area is 281 Å². The van der Waals surface area contributed by atoms with Crippen LogP contribution in [0.5, 0.6) is 11.5 Å². The van der Waals surface area contributed by atoms with Crippen molar-refractivity contribution in [3.63, 3.8) is 0 Å². The molecule has 15 nitrogen and oxygen atoms in total. The van der Waals surface area contributed by atoms with Crippen LogP contribution in [0.15, 0.2) is 36.4 Å². The van der Waals surface area contributed by atoms with Crippen molar-refractivity contribution >= 4 is 46.9 Å². The average Bonchev–Trinajstić information content (AvgIpc) is 3.03. The lowest BCUT2D eigenvalue weighted by molar-refractivity contribution is -0.385. The summed E-state index contributed by atoms with van der Waals surface area (Å²) in [6, 6.07) is 7.01. The van der Waals surface area contributed by atoms with Gasteiger partial charge < -0.3 is 33.2 Å². The van der Waals surface area contributed by atoms with Crippen molar-refractivity contribution in [1.82, 2.24) is 0 Å². The van der Waals surface area contributed by atoms with Gasteiger partial charge in [0.05, 0.1) is 33.1 Å². The van der Waals surface area contributed by atoms with Gasteiger partial charge in [-0.3, -0.25) is 20.2 Å². The van der Waals surface area contributed by atoms with Gasteiger partial charge in [-0.1, -0.05) is 23.2 Å². The average molecular weight is 706 g/mol. The summed E-state index contributed by atoms with van der Waals surface area (Å²) in [7, 11) is 0. The zero-order valence-electron chi connectivity index (χ0n) is 25.7. The SMILES string of the molecule is O=C(OCCCCOCCCCOCCCCOCCCCOC(=O)Oc1ccc([N+](=O)[O-])cc1Cl)Oc1ccc([N+](=O)[O-])cc1Cl. The number of non-ortho nitro benzene ring substituents is 2. The number of benzene rings is 2. The number of ether oxygens (including phenoxy) is 7.